The zero-order valence-electron chi connectivity index (χ0n) is 14.3. The van der Waals surface area contributed by atoms with E-state index in [1.165, 1.54) is 0 Å². The third-order valence-corrected chi connectivity index (χ3v) is 4.69. The minimum absolute atomic E-state index is 0.151. The molecule has 25 heavy (non-hydrogen) atoms. The summed E-state index contributed by atoms with van der Waals surface area (Å²) in [6.45, 7) is 4.21. The molecule has 0 bridgehead atoms. The Hall–Kier alpha value is -1.70. The maximum absolute atomic E-state index is 12.3. The van der Waals surface area contributed by atoms with E-state index in [0.717, 1.165) is 37.2 Å². The number of nitrogens with one attached hydrogen (secondary N) is 2. The first-order chi connectivity index (χ1) is 12.2. The van der Waals surface area contributed by atoms with Crippen molar-refractivity contribution in [3.05, 3.63) is 29.8 Å². The van der Waals surface area contributed by atoms with Gasteiger partial charge in [0.15, 0.2) is 5.11 Å². The molecule has 0 saturated carbocycles. The summed E-state index contributed by atoms with van der Waals surface area (Å²) in [5.74, 6) is 0.151. The second kappa shape index (κ2) is 9.12. The Labute approximate surface area is 153 Å². The molecular formula is C18H25N3O3S. The summed E-state index contributed by atoms with van der Waals surface area (Å²) < 4.78 is 10.8. The van der Waals surface area contributed by atoms with Crippen LogP contribution in [0.25, 0.3) is 0 Å². The zero-order valence-corrected chi connectivity index (χ0v) is 15.1. The summed E-state index contributed by atoms with van der Waals surface area (Å²) in [6, 6.07) is 7.82. The van der Waals surface area contributed by atoms with Crippen LogP contribution in [-0.4, -0.2) is 61.5 Å². The van der Waals surface area contributed by atoms with Crippen molar-refractivity contribution in [2.45, 2.75) is 25.4 Å². The number of nitrogens with zero attached hydrogens (tertiary/aromatic N) is 1. The molecule has 1 unspecified atom stereocenters. The lowest BCUT2D eigenvalue weighted by molar-refractivity contribution is -0.134. The van der Waals surface area contributed by atoms with Gasteiger partial charge in [0.05, 0.1) is 25.7 Å². The Bertz CT molecular complexity index is 582. The topological polar surface area (TPSA) is 62.8 Å². The van der Waals surface area contributed by atoms with Crippen molar-refractivity contribution in [1.29, 1.82) is 0 Å². The van der Waals surface area contributed by atoms with Crippen molar-refractivity contribution in [2.75, 3.05) is 44.8 Å². The largest absolute Gasteiger partial charge is 0.378 e. The van der Waals surface area contributed by atoms with Crippen molar-refractivity contribution in [1.82, 2.24) is 10.2 Å². The number of rotatable bonds is 5. The molecule has 2 aliphatic heterocycles. The number of thiocarbonyl (C=S) groups is 1. The fraction of sp³-hybridized carbons (Fsp3) is 0.556. The summed E-state index contributed by atoms with van der Waals surface area (Å²) in [5.41, 5.74) is 1.91. The van der Waals surface area contributed by atoms with E-state index in [9.17, 15) is 4.79 Å². The van der Waals surface area contributed by atoms with Crippen molar-refractivity contribution >= 4 is 28.9 Å². The van der Waals surface area contributed by atoms with Gasteiger partial charge in [0.2, 0.25) is 5.91 Å². The molecule has 0 aromatic heterocycles. The summed E-state index contributed by atoms with van der Waals surface area (Å²) >= 11 is 5.31. The third kappa shape index (κ3) is 5.66. The Morgan fingerprint density at radius 2 is 1.96 bits per heavy atom. The molecule has 1 atom stereocenters. The molecule has 0 spiro atoms. The van der Waals surface area contributed by atoms with E-state index < -0.39 is 0 Å². The van der Waals surface area contributed by atoms with Crippen LogP contribution in [0.3, 0.4) is 0 Å². The lowest BCUT2D eigenvalue weighted by Gasteiger charge is -2.26. The van der Waals surface area contributed by atoms with Crippen molar-refractivity contribution in [2.24, 2.45) is 0 Å². The quantitative estimate of drug-likeness (QED) is 0.774. The number of carbonyl (C=O) groups is 1. The number of hydrogen-bond acceptors (Lipinski definition) is 4. The standard InChI is InChI=1S/C18H25N3O3S/c22-17(21-7-10-23-11-8-21)12-14-3-5-15(6-4-14)20-18(25)19-13-16-2-1-9-24-16/h3-6,16H,1-2,7-13H2,(H2,19,20,25). The molecule has 1 aromatic rings. The van der Waals surface area contributed by atoms with Crippen molar-refractivity contribution in [3.8, 4) is 0 Å². The number of morpholine rings is 1. The van der Waals surface area contributed by atoms with Crippen LogP contribution in [0.4, 0.5) is 5.69 Å². The van der Waals surface area contributed by atoms with Gasteiger partial charge in [-0.3, -0.25) is 4.79 Å². The second-order valence-electron chi connectivity index (χ2n) is 6.34. The maximum Gasteiger partial charge on any atom is 0.227 e. The van der Waals surface area contributed by atoms with Gasteiger partial charge in [0.1, 0.15) is 0 Å². The van der Waals surface area contributed by atoms with Gasteiger partial charge in [-0.25, -0.2) is 0 Å². The predicted octanol–water partition coefficient (Wildman–Crippen LogP) is 1.55. The van der Waals surface area contributed by atoms with Crippen LogP contribution >= 0.6 is 12.2 Å². The van der Waals surface area contributed by atoms with Crippen molar-refractivity contribution < 1.29 is 14.3 Å². The average Bonchev–Trinajstić information content (AvgIpc) is 3.16. The number of benzene rings is 1. The summed E-state index contributed by atoms with van der Waals surface area (Å²) in [4.78, 5) is 14.1. The van der Waals surface area contributed by atoms with Gasteiger partial charge < -0.3 is 25.0 Å². The van der Waals surface area contributed by atoms with E-state index in [0.29, 0.717) is 37.8 Å². The molecule has 6 nitrogen and oxygen atoms in total. The SMILES string of the molecule is O=C(Cc1ccc(NC(=S)NCC2CCCO2)cc1)N1CCOCC1. The second-order valence-corrected chi connectivity index (χ2v) is 6.75. The molecule has 0 radical (unpaired) electrons. The number of hydrogen-bond donors (Lipinski definition) is 2. The monoisotopic (exact) mass is 363 g/mol. The molecule has 2 heterocycles. The van der Waals surface area contributed by atoms with E-state index >= 15 is 0 Å². The molecule has 3 rings (SSSR count). The van der Waals surface area contributed by atoms with Gasteiger partial charge in [-0.05, 0) is 42.8 Å². The number of amides is 1. The fourth-order valence-electron chi connectivity index (χ4n) is 2.99. The van der Waals surface area contributed by atoms with Gasteiger partial charge >= 0.3 is 0 Å². The number of ether oxygens (including phenoxy) is 2. The average molecular weight is 363 g/mol. The first kappa shape index (κ1) is 18.1. The molecule has 0 aliphatic carbocycles. The highest BCUT2D eigenvalue weighted by Crippen LogP contribution is 2.13. The smallest absolute Gasteiger partial charge is 0.227 e. The highest BCUT2D eigenvalue weighted by Gasteiger charge is 2.17. The normalized spacial score (nSPS) is 20.3. The van der Waals surface area contributed by atoms with Crippen LogP contribution in [0.1, 0.15) is 18.4 Å². The Morgan fingerprint density at radius 3 is 2.64 bits per heavy atom. The van der Waals surface area contributed by atoms with Gasteiger partial charge in [-0.1, -0.05) is 12.1 Å². The third-order valence-electron chi connectivity index (χ3n) is 4.45. The van der Waals surface area contributed by atoms with Gasteiger partial charge in [-0.15, -0.1) is 0 Å². The first-order valence-electron chi connectivity index (χ1n) is 8.81. The number of carbonyl (C=O) groups excluding carboxylic acids is 1. The summed E-state index contributed by atoms with van der Waals surface area (Å²) in [6.07, 6.45) is 2.88. The summed E-state index contributed by atoms with van der Waals surface area (Å²) in [5, 5.41) is 6.94. The minimum atomic E-state index is 0.151. The zero-order chi connectivity index (χ0) is 17.5. The molecule has 2 aliphatic rings. The molecule has 2 N–H and O–H groups in total. The molecule has 1 amide bonds. The molecule has 1 aromatic carbocycles. The lowest BCUT2D eigenvalue weighted by atomic mass is 10.1. The van der Waals surface area contributed by atoms with E-state index in [1.54, 1.807) is 0 Å². The highest BCUT2D eigenvalue weighted by molar-refractivity contribution is 7.80. The van der Waals surface area contributed by atoms with Crippen LogP contribution in [0, 0.1) is 0 Å². The fourth-order valence-corrected chi connectivity index (χ4v) is 3.19. The molecule has 7 heteroatoms. The van der Waals surface area contributed by atoms with Crippen LogP contribution in [-0.2, 0) is 20.7 Å². The summed E-state index contributed by atoms with van der Waals surface area (Å²) in [7, 11) is 0. The molecular weight excluding hydrogens is 338 g/mol. The minimum Gasteiger partial charge on any atom is -0.378 e. The molecule has 136 valence electrons. The van der Waals surface area contributed by atoms with Crippen molar-refractivity contribution in [3.63, 3.8) is 0 Å². The van der Waals surface area contributed by atoms with E-state index in [4.69, 9.17) is 21.7 Å². The van der Waals surface area contributed by atoms with Crippen LogP contribution in [0.5, 0.6) is 0 Å². The highest BCUT2D eigenvalue weighted by atomic mass is 32.1. The van der Waals surface area contributed by atoms with E-state index in [-0.39, 0.29) is 12.0 Å². The lowest BCUT2D eigenvalue weighted by Crippen LogP contribution is -2.41. The van der Waals surface area contributed by atoms with Crippen LogP contribution in [0.15, 0.2) is 24.3 Å². The van der Waals surface area contributed by atoms with Crippen LogP contribution in [0.2, 0.25) is 0 Å². The maximum atomic E-state index is 12.3. The number of anilines is 1. The Morgan fingerprint density at radius 1 is 1.20 bits per heavy atom. The Balaban J connectivity index is 1.43. The predicted molar refractivity (Wildman–Crippen MR) is 101 cm³/mol. The van der Waals surface area contributed by atoms with E-state index in [1.807, 2.05) is 29.2 Å². The van der Waals surface area contributed by atoms with Gasteiger partial charge in [0, 0.05) is 31.9 Å². The molecule has 2 saturated heterocycles. The first-order valence-corrected chi connectivity index (χ1v) is 9.22. The Kier molecular flexibility index (Phi) is 6.61. The van der Waals surface area contributed by atoms with E-state index in [2.05, 4.69) is 10.6 Å². The van der Waals surface area contributed by atoms with Crippen LogP contribution < -0.4 is 10.6 Å². The molecule has 2 fully saturated rings. The van der Waals surface area contributed by atoms with Gasteiger partial charge in [0.25, 0.3) is 0 Å². The van der Waals surface area contributed by atoms with Gasteiger partial charge in [-0.2, -0.15) is 0 Å².